The molecule has 8 heteroatoms. The Labute approximate surface area is 150 Å². The Hall–Kier alpha value is -2.61. The van der Waals surface area contributed by atoms with Crippen molar-refractivity contribution in [3.05, 3.63) is 42.1 Å². The Morgan fingerprint density at radius 3 is 2.88 bits per heavy atom. The number of pyridine rings is 1. The van der Waals surface area contributed by atoms with Crippen molar-refractivity contribution in [3.63, 3.8) is 0 Å². The van der Waals surface area contributed by atoms with Crippen molar-refractivity contribution >= 4 is 0 Å². The highest BCUT2D eigenvalue weighted by molar-refractivity contribution is 5.51. The molecule has 0 N–H and O–H groups in total. The van der Waals surface area contributed by atoms with Crippen LogP contribution in [0, 0.1) is 0 Å². The number of likely N-dealkylation sites (tertiary alicyclic amines) is 1. The van der Waals surface area contributed by atoms with Crippen LogP contribution in [0.4, 0.5) is 0 Å². The van der Waals surface area contributed by atoms with Gasteiger partial charge in [-0.25, -0.2) is 0 Å². The van der Waals surface area contributed by atoms with E-state index in [1.807, 2.05) is 12.1 Å². The Morgan fingerprint density at radius 1 is 1.08 bits per heavy atom. The highest BCUT2D eigenvalue weighted by atomic mass is 16.5. The van der Waals surface area contributed by atoms with E-state index >= 15 is 0 Å². The Morgan fingerprint density at radius 2 is 2.04 bits per heavy atom. The molecule has 1 atom stereocenters. The summed E-state index contributed by atoms with van der Waals surface area (Å²) in [5, 5.41) is 8.25. The minimum Gasteiger partial charge on any atom is -0.338 e. The maximum Gasteiger partial charge on any atom is 0.244 e. The Balaban J connectivity index is 1.33. The third-order valence-electron chi connectivity index (χ3n) is 5.02. The van der Waals surface area contributed by atoms with Crippen molar-refractivity contribution < 1.29 is 9.05 Å². The van der Waals surface area contributed by atoms with Gasteiger partial charge in [-0.1, -0.05) is 16.7 Å². The summed E-state index contributed by atoms with van der Waals surface area (Å²) in [6, 6.07) is 3.90. The zero-order valence-electron chi connectivity index (χ0n) is 14.4. The van der Waals surface area contributed by atoms with E-state index in [1.54, 1.807) is 12.4 Å². The summed E-state index contributed by atoms with van der Waals surface area (Å²) in [6.07, 6.45) is 9.12. The van der Waals surface area contributed by atoms with E-state index in [2.05, 4.69) is 30.2 Å². The predicted octanol–water partition coefficient (Wildman–Crippen LogP) is 3.12. The summed E-state index contributed by atoms with van der Waals surface area (Å²) < 4.78 is 11.0. The second-order valence-electron chi connectivity index (χ2n) is 7.00. The molecule has 4 heterocycles. The van der Waals surface area contributed by atoms with Crippen LogP contribution in [0.15, 0.2) is 33.6 Å². The van der Waals surface area contributed by atoms with Gasteiger partial charge in [-0.05, 0) is 44.4 Å². The van der Waals surface area contributed by atoms with Gasteiger partial charge in [-0.15, -0.1) is 0 Å². The van der Waals surface area contributed by atoms with Crippen LogP contribution in [0.5, 0.6) is 0 Å². The largest absolute Gasteiger partial charge is 0.338 e. The van der Waals surface area contributed by atoms with Crippen LogP contribution in [0.1, 0.15) is 61.7 Å². The second kappa shape index (κ2) is 6.60. The van der Waals surface area contributed by atoms with Gasteiger partial charge in [0.2, 0.25) is 17.6 Å². The standard InChI is InChI=1S/C18H20N6O2/c1-2-9-24(14(5-1)18-21-16(23-26-18)12-6-7-12)11-15-20-17(22-25-15)13-4-3-8-19-10-13/h3-4,8,10,12,14H,1-2,5-7,9,11H2. The average Bonchev–Trinajstić information content (AvgIpc) is 3.24. The van der Waals surface area contributed by atoms with Gasteiger partial charge in [0.25, 0.3) is 0 Å². The first-order valence-electron chi connectivity index (χ1n) is 9.17. The van der Waals surface area contributed by atoms with E-state index in [1.165, 1.54) is 12.8 Å². The third kappa shape index (κ3) is 3.12. The van der Waals surface area contributed by atoms with Gasteiger partial charge in [0, 0.05) is 23.9 Å². The number of rotatable bonds is 5. The molecular formula is C18H20N6O2. The van der Waals surface area contributed by atoms with E-state index in [0.717, 1.165) is 43.1 Å². The van der Waals surface area contributed by atoms with Crippen LogP contribution in [0.25, 0.3) is 11.4 Å². The highest BCUT2D eigenvalue weighted by Crippen LogP contribution is 2.39. The van der Waals surface area contributed by atoms with E-state index in [4.69, 9.17) is 9.05 Å². The lowest BCUT2D eigenvalue weighted by molar-refractivity contribution is 0.0986. The number of piperidine rings is 1. The van der Waals surface area contributed by atoms with Crippen molar-refractivity contribution in [2.75, 3.05) is 6.54 Å². The van der Waals surface area contributed by atoms with Crippen molar-refractivity contribution in [1.82, 2.24) is 30.2 Å². The SMILES string of the molecule is c1cncc(-c2noc(CN3CCCCC3c3nc(C4CC4)no3)n2)c1. The molecule has 0 radical (unpaired) electrons. The molecule has 1 saturated carbocycles. The fraction of sp³-hybridized carbons (Fsp3) is 0.500. The molecule has 0 aromatic carbocycles. The number of hydrogen-bond acceptors (Lipinski definition) is 8. The van der Waals surface area contributed by atoms with Gasteiger partial charge in [-0.2, -0.15) is 9.97 Å². The van der Waals surface area contributed by atoms with E-state index in [9.17, 15) is 0 Å². The predicted molar refractivity (Wildman–Crippen MR) is 90.8 cm³/mol. The molecule has 1 aliphatic carbocycles. The molecule has 26 heavy (non-hydrogen) atoms. The Kier molecular flexibility index (Phi) is 3.97. The summed E-state index contributed by atoms with van der Waals surface area (Å²) in [5.41, 5.74) is 0.851. The smallest absolute Gasteiger partial charge is 0.244 e. The maximum atomic E-state index is 5.57. The van der Waals surface area contributed by atoms with Crippen LogP contribution in [0.2, 0.25) is 0 Å². The zero-order chi connectivity index (χ0) is 17.3. The molecular weight excluding hydrogens is 332 g/mol. The molecule has 0 amide bonds. The van der Waals surface area contributed by atoms with Gasteiger partial charge >= 0.3 is 0 Å². The lowest BCUT2D eigenvalue weighted by atomic mass is 10.0. The number of hydrogen-bond donors (Lipinski definition) is 0. The summed E-state index contributed by atoms with van der Waals surface area (Å²) >= 11 is 0. The molecule has 2 aliphatic rings. The van der Waals surface area contributed by atoms with E-state index in [0.29, 0.717) is 24.2 Å². The zero-order valence-corrected chi connectivity index (χ0v) is 14.4. The molecule has 8 nitrogen and oxygen atoms in total. The van der Waals surface area contributed by atoms with E-state index < -0.39 is 0 Å². The molecule has 3 aromatic rings. The number of nitrogens with zero attached hydrogens (tertiary/aromatic N) is 6. The molecule has 3 aromatic heterocycles. The van der Waals surface area contributed by atoms with Crippen molar-refractivity contribution in [2.24, 2.45) is 0 Å². The van der Waals surface area contributed by atoms with Crippen molar-refractivity contribution in [1.29, 1.82) is 0 Å². The summed E-state index contributed by atoms with van der Waals surface area (Å²) in [7, 11) is 0. The molecule has 1 aliphatic heterocycles. The molecule has 134 valence electrons. The minimum atomic E-state index is 0.123. The normalized spacial score (nSPS) is 21.2. The van der Waals surface area contributed by atoms with Gasteiger partial charge < -0.3 is 9.05 Å². The number of aromatic nitrogens is 5. The summed E-state index contributed by atoms with van der Waals surface area (Å²) in [4.78, 5) is 15.6. The average molecular weight is 352 g/mol. The fourth-order valence-corrected chi connectivity index (χ4v) is 3.45. The third-order valence-corrected chi connectivity index (χ3v) is 5.02. The molecule has 1 unspecified atom stereocenters. The monoisotopic (exact) mass is 352 g/mol. The quantitative estimate of drug-likeness (QED) is 0.691. The topological polar surface area (TPSA) is 94.0 Å². The first kappa shape index (κ1) is 15.6. The first-order valence-corrected chi connectivity index (χ1v) is 9.17. The molecule has 0 bridgehead atoms. The lowest BCUT2D eigenvalue weighted by Gasteiger charge is -2.31. The van der Waals surface area contributed by atoms with Gasteiger partial charge in [0.15, 0.2) is 5.82 Å². The van der Waals surface area contributed by atoms with Gasteiger partial charge in [0.1, 0.15) is 0 Å². The molecule has 1 saturated heterocycles. The van der Waals surface area contributed by atoms with Gasteiger partial charge in [0.05, 0.1) is 12.6 Å². The fourth-order valence-electron chi connectivity index (χ4n) is 3.45. The Bertz CT molecular complexity index is 873. The van der Waals surface area contributed by atoms with Gasteiger partial charge in [-0.3, -0.25) is 9.88 Å². The van der Waals surface area contributed by atoms with Crippen LogP contribution >= 0.6 is 0 Å². The van der Waals surface area contributed by atoms with E-state index in [-0.39, 0.29) is 6.04 Å². The lowest BCUT2D eigenvalue weighted by Crippen LogP contribution is -2.33. The summed E-state index contributed by atoms with van der Waals surface area (Å²) in [6.45, 7) is 1.54. The maximum absolute atomic E-state index is 5.57. The summed E-state index contributed by atoms with van der Waals surface area (Å²) in [5.74, 6) is 3.25. The highest BCUT2D eigenvalue weighted by Gasteiger charge is 2.33. The molecule has 0 spiro atoms. The molecule has 2 fully saturated rings. The second-order valence-corrected chi connectivity index (χ2v) is 7.00. The first-order chi connectivity index (χ1) is 12.9. The van der Waals surface area contributed by atoms with Crippen LogP contribution in [-0.2, 0) is 6.54 Å². The van der Waals surface area contributed by atoms with Crippen LogP contribution in [0.3, 0.4) is 0 Å². The van der Waals surface area contributed by atoms with Crippen LogP contribution in [-0.4, -0.2) is 36.7 Å². The minimum absolute atomic E-state index is 0.123. The van der Waals surface area contributed by atoms with Crippen molar-refractivity contribution in [2.45, 2.75) is 50.6 Å². The van der Waals surface area contributed by atoms with Crippen LogP contribution < -0.4 is 0 Å². The van der Waals surface area contributed by atoms with Crippen molar-refractivity contribution in [3.8, 4) is 11.4 Å². The molecule has 5 rings (SSSR count).